The molecule has 20 heavy (non-hydrogen) atoms. The molecule has 1 atom stereocenters. The van der Waals surface area contributed by atoms with Crippen molar-refractivity contribution in [2.45, 2.75) is 38.2 Å². The Balaban J connectivity index is 1.68. The molecule has 3 aliphatic rings. The lowest BCUT2D eigenvalue weighted by atomic mass is 9.80. The van der Waals surface area contributed by atoms with Crippen LogP contribution in [0.2, 0.25) is 0 Å². The molecule has 5 nitrogen and oxygen atoms in total. The molecule has 0 radical (unpaired) electrons. The van der Waals surface area contributed by atoms with Gasteiger partial charge in [0.1, 0.15) is 0 Å². The van der Waals surface area contributed by atoms with Gasteiger partial charge < -0.3 is 15.4 Å². The van der Waals surface area contributed by atoms with Crippen LogP contribution in [-0.2, 0) is 16.8 Å². The summed E-state index contributed by atoms with van der Waals surface area (Å²) in [7, 11) is 0. The third-order valence-corrected chi connectivity index (χ3v) is 4.83. The lowest BCUT2D eigenvalue weighted by Crippen LogP contribution is -2.40. The highest BCUT2D eigenvalue weighted by molar-refractivity contribution is 5.40. The van der Waals surface area contributed by atoms with E-state index < -0.39 is 0 Å². The van der Waals surface area contributed by atoms with Gasteiger partial charge in [0.2, 0.25) is 5.95 Å². The van der Waals surface area contributed by atoms with Crippen molar-refractivity contribution >= 4 is 5.95 Å². The molecule has 2 fully saturated rings. The predicted octanol–water partition coefficient (Wildman–Crippen LogP) is 1.37. The molecule has 1 aromatic heterocycles. The van der Waals surface area contributed by atoms with Crippen LogP contribution in [0.1, 0.15) is 36.2 Å². The second kappa shape index (κ2) is 4.67. The molecule has 5 heteroatoms. The average Bonchev–Trinajstić information content (AvgIpc) is 3.17. The molecular formula is C15H22N4O. The Morgan fingerprint density at radius 3 is 3.05 bits per heavy atom. The van der Waals surface area contributed by atoms with Gasteiger partial charge >= 0.3 is 0 Å². The number of hydrogen-bond acceptors (Lipinski definition) is 5. The minimum atomic E-state index is 0.0668. The second-order valence-corrected chi connectivity index (χ2v) is 6.48. The largest absolute Gasteiger partial charge is 0.376 e. The Morgan fingerprint density at radius 2 is 2.30 bits per heavy atom. The van der Waals surface area contributed by atoms with E-state index in [2.05, 4.69) is 22.5 Å². The standard InChI is InChI=1S/C15H22N4O/c1-10-12-7-20-9-15(4-5-16-8-15)13(12)19-14(18-10)17-6-11-2-3-11/h11,16H,2-9H2,1H3,(H,17,18,19). The summed E-state index contributed by atoms with van der Waals surface area (Å²) in [5.74, 6) is 1.64. The van der Waals surface area contributed by atoms with Crippen LogP contribution in [0.4, 0.5) is 5.95 Å². The van der Waals surface area contributed by atoms with Gasteiger partial charge in [-0.25, -0.2) is 9.97 Å². The molecule has 1 spiro atoms. The van der Waals surface area contributed by atoms with E-state index in [1.54, 1.807) is 0 Å². The monoisotopic (exact) mass is 274 g/mol. The maximum absolute atomic E-state index is 5.82. The number of aryl methyl sites for hydroxylation is 1. The van der Waals surface area contributed by atoms with Gasteiger partial charge in [-0.2, -0.15) is 0 Å². The van der Waals surface area contributed by atoms with Crippen LogP contribution in [0.3, 0.4) is 0 Å². The summed E-state index contributed by atoms with van der Waals surface area (Å²) in [6, 6.07) is 0. The van der Waals surface area contributed by atoms with Crippen LogP contribution in [0.25, 0.3) is 0 Å². The second-order valence-electron chi connectivity index (χ2n) is 6.48. The topological polar surface area (TPSA) is 59.1 Å². The quantitative estimate of drug-likeness (QED) is 0.872. The van der Waals surface area contributed by atoms with Crippen molar-refractivity contribution in [2.75, 3.05) is 31.6 Å². The Hall–Kier alpha value is -1.20. The minimum Gasteiger partial charge on any atom is -0.376 e. The van der Waals surface area contributed by atoms with Crippen molar-refractivity contribution in [3.63, 3.8) is 0 Å². The van der Waals surface area contributed by atoms with Crippen molar-refractivity contribution in [3.05, 3.63) is 17.0 Å². The highest BCUT2D eigenvalue weighted by Crippen LogP contribution is 2.37. The molecule has 0 bridgehead atoms. The smallest absolute Gasteiger partial charge is 0.223 e. The summed E-state index contributed by atoms with van der Waals surface area (Å²) in [4.78, 5) is 9.49. The van der Waals surface area contributed by atoms with Crippen molar-refractivity contribution in [2.24, 2.45) is 5.92 Å². The van der Waals surface area contributed by atoms with E-state index in [0.717, 1.165) is 50.2 Å². The summed E-state index contributed by atoms with van der Waals surface area (Å²) in [6.07, 6.45) is 3.80. The zero-order chi connectivity index (χ0) is 13.6. The zero-order valence-electron chi connectivity index (χ0n) is 12.0. The molecular weight excluding hydrogens is 252 g/mol. The van der Waals surface area contributed by atoms with Crippen molar-refractivity contribution in [3.8, 4) is 0 Å². The Bertz CT molecular complexity index is 521. The van der Waals surface area contributed by atoms with Crippen LogP contribution in [0, 0.1) is 12.8 Å². The van der Waals surface area contributed by atoms with E-state index in [-0.39, 0.29) is 5.41 Å². The molecule has 2 aliphatic heterocycles. The lowest BCUT2D eigenvalue weighted by molar-refractivity contribution is 0.0546. The van der Waals surface area contributed by atoms with E-state index in [1.165, 1.54) is 24.1 Å². The van der Waals surface area contributed by atoms with Gasteiger partial charge in [-0.3, -0.25) is 0 Å². The molecule has 1 saturated carbocycles. The number of ether oxygens (including phenoxy) is 1. The van der Waals surface area contributed by atoms with Crippen LogP contribution >= 0.6 is 0 Å². The van der Waals surface area contributed by atoms with Crippen molar-refractivity contribution < 1.29 is 4.74 Å². The van der Waals surface area contributed by atoms with Gasteiger partial charge in [0.05, 0.1) is 24.3 Å². The molecule has 0 amide bonds. The molecule has 2 N–H and O–H groups in total. The van der Waals surface area contributed by atoms with Crippen molar-refractivity contribution in [1.82, 2.24) is 15.3 Å². The highest BCUT2D eigenvalue weighted by Gasteiger charge is 2.42. The first-order valence-electron chi connectivity index (χ1n) is 7.67. The number of aromatic nitrogens is 2. The van der Waals surface area contributed by atoms with E-state index in [4.69, 9.17) is 9.72 Å². The SMILES string of the molecule is Cc1nc(NCC2CC2)nc2c1COCC21CCNC1. The molecule has 1 aromatic rings. The average molecular weight is 274 g/mol. The van der Waals surface area contributed by atoms with Crippen LogP contribution < -0.4 is 10.6 Å². The highest BCUT2D eigenvalue weighted by atomic mass is 16.5. The lowest BCUT2D eigenvalue weighted by Gasteiger charge is -2.34. The fourth-order valence-electron chi connectivity index (χ4n) is 3.33. The minimum absolute atomic E-state index is 0.0668. The van der Waals surface area contributed by atoms with Gasteiger partial charge in [0.15, 0.2) is 0 Å². The van der Waals surface area contributed by atoms with Gasteiger partial charge in [0, 0.05) is 24.3 Å². The molecule has 1 saturated heterocycles. The summed E-state index contributed by atoms with van der Waals surface area (Å²) < 4.78 is 5.82. The number of nitrogens with zero attached hydrogens (tertiary/aromatic N) is 2. The zero-order valence-corrected chi connectivity index (χ0v) is 12.0. The first-order valence-corrected chi connectivity index (χ1v) is 7.67. The fraction of sp³-hybridized carbons (Fsp3) is 0.733. The number of fused-ring (bicyclic) bond motifs is 2. The Kier molecular flexibility index (Phi) is 2.93. The predicted molar refractivity (Wildman–Crippen MR) is 76.8 cm³/mol. The van der Waals surface area contributed by atoms with E-state index >= 15 is 0 Å². The number of nitrogens with one attached hydrogen (secondary N) is 2. The Morgan fingerprint density at radius 1 is 1.40 bits per heavy atom. The number of hydrogen-bond donors (Lipinski definition) is 2. The maximum atomic E-state index is 5.82. The normalized spacial score (nSPS) is 28.6. The van der Waals surface area contributed by atoms with Crippen LogP contribution in [0.5, 0.6) is 0 Å². The molecule has 4 rings (SSSR count). The maximum Gasteiger partial charge on any atom is 0.223 e. The van der Waals surface area contributed by atoms with Crippen LogP contribution in [0.15, 0.2) is 0 Å². The number of rotatable bonds is 3. The Labute approximate surface area is 119 Å². The van der Waals surface area contributed by atoms with E-state index in [0.29, 0.717) is 6.61 Å². The number of anilines is 1. The first-order chi connectivity index (χ1) is 9.77. The third kappa shape index (κ3) is 2.09. The first kappa shape index (κ1) is 12.5. The summed E-state index contributed by atoms with van der Waals surface area (Å²) in [5, 5.41) is 6.88. The summed E-state index contributed by atoms with van der Waals surface area (Å²) in [5.41, 5.74) is 3.56. The van der Waals surface area contributed by atoms with Crippen molar-refractivity contribution in [1.29, 1.82) is 0 Å². The molecule has 3 heterocycles. The third-order valence-electron chi connectivity index (χ3n) is 4.83. The summed E-state index contributed by atoms with van der Waals surface area (Å²) >= 11 is 0. The molecule has 0 aromatic carbocycles. The van der Waals surface area contributed by atoms with Gasteiger partial charge in [0.25, 0.3) is 0 Å². The molecule has 1 aliphatic carbocycles. The van der Waals surface area contributed by atoms with Gasteiger partial charge in [-0.05, 0) is 38.6 Å². The van der Waals surface area contributed by atoms with Gasteiger partial charge in [-0.1, -0.05) is 0 Å². The summed E-state index contributed by atoms with van der Waals surface area (Å²) in [6.45, 7) is 6.56. The molecule has 1 unspecified atom stereocenters. The molecule has 108 valence electrons. The van der Waals surface area contributed by atoms with E-state index in [1.807, 2.05) is 0 Å². The van der Waals surface area contributed by atoms with E-state index in [9.17, 15) is 0 Å². The van der Waals surface area contributed by atoms with Crippen LogP contribution in [-0.4, -0.2) is 36.2 Å². The fourth-order valence-corrected chi connectivity index (χ4v) is 3.33. The van der Waals surface area contributed by atoms with Gasteiger partial charge in [-0.15, -0.1) is 0 Å².